The third-order valence-electron chi connectivity index (χ3n) is 2.72. The first-order chi connectivity index (χ1) is 8.44. The molecule has 100 valence electrons. The number of hydrogen-bond acceptors (Lipinski definition) is 5. The Morgan fingerprint density at radius 2 is 2.44 bits per heavy atom. The van der Waals surface area contributed by atoms with Gasteiger partial charge in [-0.05, 0) is 0 Å². The molecule has 1 saturated heterocycles. The van der Waals surface area contributed by atoms with E-state index in [2.05, 4.69) is 15.7 Å². The van der Waals surface area contributed by atoms with E-state index in [1.807, 2.05) is 0 Å². The van der Waals surface area contributed by atoms with Gasteiger partial charge in [-0.25, -0.2) is 8.42 Å². The summed E-state index contributed by atoms with van der Waals surface area (Å²) in [5, 5.41) is 9.65. The molecule has 8 heteroatoms. The van der Waals surface area contributed by atoms with Crippen molar-refractivity contribution >= 4 is 21.4 Å². The fourth-order valence-electron chi connectivity index (χ4n) is 1.92. The molecule has 1 amide bonds. The molecule has 1 unspecified atom stereocenters. The van der Waals surface area contributed by atoms with Gasteiger partial charge in [-0.1, -0.05) is 0 Å². The maximum atomic E-state index is 11.7. The number of rotatable bonds is 3. The van der Waals surface area contributed by atoms with E-state index in [1.165, 1.54) is 0 Å². The smallest absolute Gasteiger partial charge is 0.226 e. The number of carbonyl (C=O) groups excluding carboxylic acids is 1. The lowest BCUT2D eigenvalue weighted by atomic mass is 10.2. The molecule has 2 rings (SSSR count). The molecule has 1 atom stereocenters. The lowest BCUT2D eigenvalue weighted by molar-refractivity contribution is -0.116. The molecular formula is C10H16N4O3S. The molecule has 0 radical (unpaired) electrons. The molecule has 1 aliphatic heterocycles. The van der Waals surface area contributed by atoms with Gasteiger partial charge in [0.25, 0.3) is 0 Å². The summed E-state index contributed by atoms with van der Waals surface area (Å²) in [5.74, 6) is -0.0427. The number of aromatic nitrogens is 2. The van der Waals surface area contributed by atoms with Crippen LogP contribution >= 0.6 is 0 Å². The van der Waals surface area contributed by atoms with Gasteiger partial charge in [-0.2, -0.15) is 5.10 Å². The van der Waals surface area contributed by atoms with Gasteiger partial charge in [0, 0.05) is 32.3 Å². The average Bonchev–Trinajstić information content (AvgIpc) is 2.62. The minimum atomic E-state index is -3.01. The Morgan fingerprint density at radius 3 is 3.06 bits per heavy atom. The highest BCUT2D eigenvalue weighted by Gasteiger charge is 2.25. The van der Waals surface area contributed by atoms with E-state index in [4.69, 9.17) is 0 Å². The number of carbonyl (C=O) groups is 1. The van der Waals surface area contributed by atoms with Gasteiger partial charge in [0.1, 0.15) is 0 Å². The van der Waals surface area contributed by atoms with Crippen molar-refractivity contribution in [2.45, 2.75) is 12.5 Å². The van der Waals surface area contributed by atoms with Crippen molar-refractivity contribution in [2.75, 3.05) is 23.4 Å². The van der Waals surface area contributed by atoms with E-state index in [0.717, 1.165) is 0 Å². The molecule has 2 N–H and O–H groups in total. The summed E-state index contributed by atoms with van der Waals surface area (Å²) in [7, 11) is -1.25. The fraction of sp³-hybridized carbons (Fsp3) is 0.600. The minimum absolute atomic E-state index is 0.0213. The lowest BCUT2D eigenvalue weighted by Crippen LogP contribution is -2.46. The van der Waals surface area contributed by atoms with Crippen LogP contribution in [-0.2, 0) is 21.7 Å². The van der Waals surface area contributed by atoms with Crippen molar-refractivity contribution in [2.24, 2.45) is 7.05 Å². The predicted molar refractivity (Wildman–Crippen MR) is 66.9 cm³/mol. The molecule has 0 bridgehead atoms. The first kappa shape index (κ1) is 13.0. The van der Waals surface area contributed by atoms with Gasteiger partial charge in [0.15, 0.2) is 9.84 Å². The number of nitrogens with zero attached hydrogens (tertiary/aromatic N) is 2. The summed E-state index contributed by atoms with van der Waals surface area (Å²) in [6, 6.07) is -0.305. The first-order valence-corrected chi connectivity index (χ1v) is 7.49. The SMILES string of the molecule is Cn1cc(NC(=O)CC2CS(=O)(=O)CCN2)cn1. The standard InChI is InChI=1S/C10H16N4O3S/c1-14-6-9(5-12-14)13-10(15)4-8-7-18(16,17)3-2-11-8/h5-6,8,11H,2-4,7H2,1H3,(H,13,15). The zero-order valence-corrected chi connectivity index (χ0v) is 10.9. The third kappa shape index (κ3) is 3.54. The molecule has 0 aliphatic carbocycles. The van der Waals surface area contributed by atoms with Gasteiger partial charge >= 0.3 is 0 Å². The summed E-state index contributed by atoms with van der Waals surface area (Å²) in [6.07, 6.45) is 3.38. The summed E-state index contributed by atoms with van der Waals surface area (Å²) >= 11 is 0. The Balaban J connectivity index is 1.88. The molecule has 1 aromatic rings. The van der Waals surface area contributed by atoms with Crippen LogP contribution in [0.3, 0.4) is 0 Å². The Kier molecular flexibility index (Phi) is 3.67. The van der Waals surface area contributed by atoms with Gasteiger partial charge in [0.2, 0.25) is 5.91 Å². The van der Waals surface area contributed by atoms with Crippen LogP contribution in [0.15, 0.2) is 12.4 Å². The average molecular weight is 272 g/mol. The summed E-state index contributed by atoms with van der Waals surface area (Å²) in [6.45, 7) is 0.410. The quantitative estimate of drug-likeness (QED) is 0.746. The normalized spacial score (nSPS) is 22.6. The molecule has 0 spiro atoms. The summed E-state index contributed by atoms with van der Waals surface area (Å²) in [4.78, 5) is 11.7. The number of sulfone groups is 1. The van der Waals surface area contributed by atoms with Crippen LogP contribution in [0.1, 0.15) is 6.42 Å². The van der Waals surface area contributed by atoms with Crippen LogP contribution in [0.5, 0.6) is 0 Å². The van der Waals surface area contributed by atoms with Crippen molar-refractivity contribution in [3.8, 4) is 0 Å². The maximum absolute atomic E-state index is 11.7. The lowest BCUT2D eigenvalue weighted by Gasteiger charge is -2.22. The van der Waals surface area contributed by atoms with E-state index < -0.39 is 9.84 Å². The van der Waals surface area contributed by atoms with E-state index in [9.17, 15) is 13.2 Å². The van der Waals surface area contributed by atoms with Crippen LogP contribution < -0.4 is 10.6 Å². The van der Waals surface area contributed by atoms with Crippen LogP contribution in [-0.4, -0.2) is 48.2 Å². The Labute approximate surface area is 105 Å². The molecule has 1 aromatic heterocycles. The molecule has 2 heterocycles. The predicted octanol–water partition coefficient (Wildman–Crippen LogP) is -0.865. The molecule has 1 fully saturated rings. The molecule has 7 nitrogen and oxygen atoms in total. The van der Waals surface area contributed by atoms with Crippen molar-refractivity contribution in [3.05, 3.63) is 12.4 Å². The highest BCUT2D eigenvalue weighted by atomic mass is 32.2. The van der Waals surface area contributed by atoms with E-state index in [-0.39, 0.29) is 29.9 Å². The Morgan fingerprint density at radius 1 is 1.67 bits per heavy atom. The zero-order chi connectivity index (χ0) is 13.2. The number of anilines is 1. The van der Waals surface area contributed by atoms with Crippen molar-refractivity contribution in [1.29, 1.82) is 0 Å². The van der Waals surface area contributed by atoms with Gasteiger partial charge in [-0.15, -0.1) is 0 Å². The number of aryl methyl sites for hydroxylation is 1. The van der Waals surface area contributed by atoms with Gasteiger partial charge in [0.05, 0.1) is 23.4 Å². The zero-order valence-electron chi connectivity index (χ0n) is 10.1. The number of nitrogens with one attached hydrogen (secondary N) is 2. The molecule has 0 saturated carbocycles. The highest BCUT2D eigenvalue weighted by molar-refractivity contribution is 7.91. The van der Waals surface area contributed by atoms with Crippen molar-refractivity contribution in [3.63, 3.8) is 0 Å². The maximum Gasteiger partial charge on any atom is 0.226 e. The largest absolute Gasteiger partial charge is 0.323 e. The summed E-state index contributed by atoms with van der Waals surface area (Å²) in [5.41, 5.74) is 0.612. The fourth-order valence-corrected chi connectivity index (χ4v) is 3.36. The first-order valence-electron chi connectivity index (χ1n) is 5.67. The highest BCUT2D eigenvalue weighted by Crippen LogP contribution is 2.08. The third-order valence-corrected chi connectivity index (χ3v) is 4.46. The Bertz CT molecular complexity index is 537. The summed E-state index contributed by atoms with van der Waals surface area (Å²) < 4.78 is 24.4. The van der Waals surface area contributed by atoms with E-state index >= 15 is 0 Å². The van der Waals surface area contributed by atoms with Gasteiger partial charge in [-0.3, -0.25) is 9.48 Å². The number of amides is 1. The molecular weight excluding hydrogens is 256 g/mol. The van der Waals surface area contributed by atoms with Crippen LogP contribution in [0, 0.1) is 0 Å². The molecule has 1 aliphatic rings. The topological polar surface area (TPSA) is 93.1 Å². The van der Waals surface area contributed by atoms with Crippen molar-refractivity contribution < 1.29 is 13.2 Å². The van der Waals surface area contributed by atoms with E-state index in [0.29, 0.717) is 12.2 Å². The van der Waals surface area contributed by atoms with Crippen molar-refractivity contribution in [1.82, 2.24) is 15.1 Å². The van der Waals surface area contributed by atoms with E-state index in [1.54, 1.807) is 24.1 Å². The molecule has 0 aromatic carbocycles. The van der Waals surface area contributed by atoms with Crippen LogP contribution in [0.4, 0.5) is 5.69 Å². The van der Waals surface area contributed by atoms with Gasteiger partial charge < -0.3 is 10.6 Å². The second-order valence-corrected chi connectivity index (χ2v) is 6.65. The second kappa shape index (κ2) is 5.07. The minimum Gasteiger partial charge on any atom is -0.323 e. The van der Waals surface area contributed by atoms with Crippen LogP contribution in [0.25, 0.3) is 0 Å². The van der Waals surface area contributed by atoms with Crippen LogP contribution in [0.2, 0.25) is 0 Å². The second-order valence-electron chi connectivity index (χ2n) is 4.42. The Hall–Kier alpha value is -1.41. The molecule has 18 heavy (non-hydrogen) atoms. The number of hydrogen-bond donors (Lipinski definition) is 2. The monoisotopic (exact) mass is 272 g/mol.